The van der Waals surface area contributed by atoms with E-state index in [9.17, 15) is 4.79 Å². The summed E-state index contributed by atoms with van der Waals surface area (Å²) in [7, 11) is 0. The molecule has 124 valence electrons. The number of imidazole rings is 1. The van der Waals surface area contributed by atoms with Crippen molar-refractivity contribution in [3.63, 3.8) is 0 Å². The lowest BCUT2D eigenvalue weighted by Gasteiger charge is -2.06. The SMILES string of the molecule is CCOC(=O)c1cn(C(C)c2cn3cc(C4CC4)ccc3n2)nn1. The van der Waals surface area contributed by atoms with E-state index < -0.39 is 5.97 Å². The topological polar surface area (TPSA) is 74.3 Å². The Hall–Kier alpha value is -2.70. The quantitative estimate of drug-likeness (QED) is 0.674. The minimum Gasteiger partial charge on any atom is -0.461 e. The Bertz CT molecular complexity index is 893. The number of fused-ring (bicyclic) bond motifs is 1. The Balaban J connectivity index is 1.60. The molecule has 24 heavy (non-hydrogen) atoms. The van der Waals surface area contributed by atoms with Gasteiger partial charge in [0.25, 0.3) is 0 Å². The predicted molar refractivity (Wildman–Crippen MR) is 87.0 cm³/mol. The molecular formula is C17H19N5O2. The highest BCUT2D eigenvalue weighted by Gasteiger charge is 2.24. The lowest BCUT2D eigenvalue weighted by atomic mass is 10.2. The molecule has 1 aliphatic carbocycles. The highest BCUT2D eigenvalue weighted by atomic mass is 16.5. The van der Waals surface area contributed by atoms with Crippen LogP contribution in [0.3, 0.4) is 0 Å². The number of esters is 1. The Morgan fingerprint density at radius 3 is 2.92 bits per heavy atom. The van der Waals surface area contributed by atoms with Gasteiger partial charge in [-0.1, -0.05) is 11.3 Å². The van der Waals surface area contributed by atoms with Gasteiger partial charge in [-0.3, -0.25) is 0 Å². The molecule has 1 aliphatic rings. The monoisotopic (exact) mass is 325 g/mol. The van der Waals surface area contributed by atoms with Crippen LogP contribution in [0.1, 0.15) is 60.4 Å². The van der Waals surface area contributed by atoms with E-state index in [-0.39, 0.29) is 11.7 Å². The van der Waals surface area contributed by atoms with E-state index in [1.165, 1.54) is 18.4 Å². The standard InChI is InChI=1S/C17H19N5O2/c1-3-24-17(23)15-10-22(20-19-15)11(2)14-9-21-8-13(12-4-5-12)6-7-16(21)18-14/h6-12H,3-5H2,1-2H3. The molecule has 7 heteroatoms. The highest BCUT2D eigenvalue weighted by Crippen LogP contribution is 2.39. The van der Waals surface area contributed by atoms with Crippen LogP contribution in [0.15, 0.2) is 30.7 Å². The molecule has 1 fully saturated rings. The molecule has 0 amide bonds. The molecule has 0 N–H and O–H groups in total. The van der Waals surface area contributed by atoms with Gasteiger partial charge in [-0.05, 0) is 44.2 Å². The van der Waals surface area contributed by atoms with Crippen molar-refractivity contribution in [1.82, 2.24) is 24.4 Å². The number of rotatable bonds is 5. The Labute approximate surface area is 139 Å². The average Bonchev–Trinajstić information content (AvgIpc) is 3.16. The first kappa shape index (κ1) is 14.9. The molecule has 3 aromatic rings. The van der Waals surface area contributed by atoms with Crippen LogP contribution < -0.4 is 0 Å². The minimum absolute atomic E-state index is 0.120. The predicted octanol–water partition coefficient (Wildman–Crippen LogP) is 2.59. The van der Waals surface area contributed by atoms with Gasteiger partial charge in [0.1, 0.15) is 5.65 Å². The molecule has 4 rings (SSSR count). The summed E-state index contributed by atoms with van der Waals surface area (Å²) in [6.45, 7) is 4.06. The highest BCUT2D eigenvalue weighted by molar-refractivity contribution is 5.86. The molecule has 0 aromatic carbocycles. The molecule has 3 heterocycles. The van der Waals surface area contributed by atoms with Gasteiger partial charge in [-0.25, -0.2) is 14.5 Å². The zero-order valence-corrected chi connectivity index (χ0v) is 13.7. The number of aromatic nitrogens is 5. The summed E-state index contributed by atoms with van der Waals surface area (Å²) in [5.74, 6) is 0.250. The van der Waals surface area contributed by atoms with E-state index in [2.05, 4.69) is 38.0 Å². The van der Waals surface area contributed by atoms with Crippen molar-refractivity contribution in [2.45, 2.75) is 38.6 Å². The summed E-state index contributed by atoms with van der Waals surface area (Å²) >= 11 is 0. The summed E-state index contributed by atoms with van der Waals surface area (Å²) in [5, 5.41) is 7.92. The van der Waals surface area contributed by atoms with Crippen LogP contribution in [0.2, 0.25) is 0 Å². The number of hydrogen-bond acceptors (Lipinski definition) is 5. The van der Waals surface area contributed by atoms with Crippen molar-refractivity contribution in [3.8, 4) is 0 Å². The smallest absolute Gasteiger partial charge is 0.360 e. The summed E-state index contributed by atoms with van der Waals surface area (Å²) in [6.07, 6.45) is 8.32. The van der Waals surface area contributed by atoms with Crippen LogP contribution in [0.25, 0.3) is 5.65 Å². The number of hydrogen-bond donors (Lipinski definition) is 0. The van der Waals surface area contributed by atoms with Gasteiger partial charge in [-0.15, -0.1) is 5.10 Å². The number of pyridine rings is 1. The van der Waals surface area contributed by atoms with Crippen LogP contribution in [0, 0.1) is 0 Å². The number of carbonyl (C=O) groups is 1. The third-order valence-electron chi connectivity index (χ3n) is 4.36. The Morgan fingerprint density at radius 2 is 2.17 bits per heavy atom. The summed E-state index contributed by atoms with van der Waals surface area (Å²) < 4.78 is 8.63. The number of carbonyl (C=O) groups excluding carboxylic acids is 1. The maximum atomic E-state index is 11.7. The van der Waals surface area contributed by atoms with Crippen LogP contribution >= 0.6 is 0 Å². The first-order valence-electron chi connectivity index (χ1n) is 8.23. The zero-order valence-electron chi connectivity index (χ0n) is 13.7. The fourth-order valence-corrected chi connectivity index (χ4v) is 2.79. The molecule has 0 bridgehead atoms. The van der Waals surface area contributed by atoms with Gasteiger partial charge >= 0.3 is 5.97 Å². The molecule has 0 spiro atoms. The average molecular weight is 325 g/mol. The van der Waals surface area contributed by atoms with Gasteiger partial charge in [0.2, 0.25) is 0 Å². The van der Waals surface area contributed by atoms with E-state index in [0.717, 1.165) is 11.3 Å². The second-order valence-corrected chi connectivity index (χ2v) is 6.15. The summed E-state index contributed by atoms with van der Waals surface area (Å²) in [6, 6.07) is 4.09. The molecular weight excluding hydrogens is 306 g/mol. The van der Waals surface area contributed by atoms with Gasteiger partial charge in [0.15, 0.2) is 5.69 Å². The minimum atomic E-state index is -0.458. The molecule has 7 nitrogen and oxygen atoms in total. The van der Waals surface area contributed by atoms with Crippen molar-refractivity contribution in [2.75, 3.05) is 6.61 Å². The first-order chi connectivity index (χ1) is 11.7. The summed E-state index contributed by atoms with van der Waals surface area (Å²) in [5.41, 5.74) is 3.36. The van der Waals surface area contributed by atoms with Crippen molar-refractivity contribution in [1.29, 1.82) is 0 Å². The van der Waals surface area contributed by atoms with Gasteiger partial charge in [0, 0.05) is 12.4 Å². The second-order valence-electron chi connectivity index (χ2n) is 6.15. The lowest BCUT2D eigenvalue weighted by Crippen LogP contribution is -2.08. The van der Waals surface area contributed by atoms with Crippen molar-refractivity contribution in [2.24, 2.45) is 0 Å². The molecule has 0 radical (unpaired) electrons. The Kier molecular flexibility index (Phi) is 3.55. The molecule has 1 unspecified atom stereocenters. The van der Waals surface area contributed by atoms with E-state index in [1.807, 2.05) is 13.1 Å². The van der Waals surface area contributed by atoms with E-state index in [0.29, 0.717) is 12.5 Å². The maximum Gasteiger partial charge on any atom is 0.360 e. The van der Waals surface area contributed by atoms with E-state index >= 15 is 0 Å². The fraction of sp³-hybridized carbons (Fsp3) is 0.412. The maximum absolute atomic E-state index is 11.7. The van der Waals surface area contributed by atoms with Gasteiger partial charge in [-0.2, -0.15) is 0 Å². The van der Waals surface area contributed by atoms with Crippen LogP contribution in [0.5, 0.6) is 0 Å². The van der Waals surface area contributed by atoms with Gasteiger partial charge in [0.05, 0.1) is 24.5 Å². The third kappa shape index (κ3) is 2.66. The van der Waals surface area contributed by atoms with Crippen molar-refractivity contribution < 1.29 is 9.53 Å². The normalized spacial score (nSPS) is 15.6. The Morgan fingerprint density at radius 1 is 1.33 bits per heavy atom. The van der Waals surface area contributed by atoms with Gasteiger partial charge < -0.3 is 9.14 Å². The molecule has 0 aliphatic heterocycles. The molecule has 0 saturated heterocycles. The van der Waals surface area contributed by atoms with Crippen LogP contribution in [0.4, 0.5) is 0 Å². The lowest BCUT2D eigenvalue weighted by molar-refractivity contribution is 0.0519. The molecule has 1 atom stereocenters. The van der Waals surface area contributed by atoms with Crippen LogP contribution in [-0.2, 0) is 4.74 Å². The molecule has 3 aromatic heterocycles. The zero-order chi connectivity index (χ0) is 16.7. The first-order valence-corrected chi connectivity index (χ1v) is 8.23. The largest absolute Gasteiger partial charge is 0.461 e. The van der Waals surface area contributed by atoms with Crippen molar-refractivity contribution >= 4 is 11.6 Å². The second kappa shape index (κ2) is 5.74. The molecule has 1 saturated carbocycles. The van der Waals surface area contributed by atoms with E-state index in [1.54, 1.807) is 17.8 Å². The number of ether oxygens (including phenoxy) is 1. The fourth-order valence-electron chi connectivity index (χ4n) is 2.79. The van der Waals surface area contributed by atoms with E-state index in [4.69, 9.17) is 4.74 Å². The summed E-state index contributed by atoms with van der Waals surface area (Å²) in [4.78, 5) is 16.4. The van der Waals surface area contributed by atoms with Crippen LogP contribution in [-0.4, -0.2) is 37.0 Å². The van der Waals surface area contributed by atoms with Crippen molar-refractivity contribution in [3.05, 3.63) is 47.7 Å². The number of nitrogens with zero attached hydrogens (tertiary/aromatic N) is 5. The third-order valence-corrected chi connectivity index (χ3v) is 4.36.